The van der Waals surface area contributed by atoms with Gasteiger partial charge >= 0.3 is 0 Å². The maximum atomic E-state index is 12.5. The number of para-hydroxylation sites is 3. The van der Waals surface area contributed by atoms with Gasteiger partial charge in [-0.25, -0.2) is 4.68 Å². The van der Waals surface area contributed by atoms with Gasteiger partial charge in [0.2, 0.25) is 12.0 Å². The smallest absolute Gasteiger partial charge is 0.277 e. The highest BCUT2D eigenvalue weighted by Crippen LogP contribution is 2.36. The number of rotatable bonds is 6. The summed E-state index contributed by atoms with van der Waals surface area (Å²) in [5.74, 6) is 2.10. The molecule has 0 radical (unpaired) electrons. The Labute approximate surface area is 187 Å². The first kappa shape index (κ1) is 20.1. The Morgan fingerprint density at radius 3 is 2.75 bits per heavy atom. The number of anilines is 1. The molecule has 2 aromatic heterocycles. The number of aryl methyl sites for hydroxylation is 1. The molecule has 0 saturated heterocycles. The van der Waals surface area contributed by atoms with Crippen molar-refractivity contribution in [2.75, 3.05) is 17.7 Å². The van der Waals surface area contributed by atoms with Gasteiger partial charge in [0, 0.05) is 6.07 Å². The van der Waals surface area contributed by atoms with Crippen LogP contribution in [-0.2, 0) is 4.79 Å². The van der Waals surface area contributed by atoms with Crippen molar-refractivity contribution in [1.29, 1.82) is 0 Å². The number of amides is 1. The summed E-state index contributed by atoms with van der Waals surface area (Å²) in [6.07, 6.45) is -0.497. The predicted octanol–water partition coefficient (Wildman–Crippen LogP) is 3.81. The van der Waals surface area contributed by atoms with E-state index in [0.29, 0.717) is 23.2 Å². The maximum Gasteiger partial charge on any atom is 0.277 e. The van der Waals surface area contributed by atoms with Crippen LogP contribution in [0.1, 0.15) is 17.7 Å². The number of hydrogen-bond donors (Lipinski definition) is 1. The molecule has 0 bridgehead atoms. The summed E-state index contributed by atoms with van der Waals surface area (Å²) in [6.45, 7) is 2.14. The van der Waals surface area contributed by atoms with E-state index in [4.69, 9.17) is 13.9 Å². The summed E-state index contributed by atoms with van der Waals surface area (Å²) in [6, 6.07) is 18.8. The van der Waals surface area contributed by atoms with Crippen molar-refractivity contribution in [3.05, 3.63) is 72.2 Å². The van der Waals surface area contributed by atoms with Crippen molar-refractivity contribution in [2.45, 2.75) is 18.3 Å². The highest BCUT2D eigenvalue weighted by atomic mass is 32.2. The molecule has 1 aliphatic heterocycles. The van der Waals surface area contributed by atoms with E-state index < -0.39 is 6.10 Å². The Balaban J connectivity index is 1.20. The van der Waals surface area contributed by atoms with Crippen molar-refractivity contribution in [1.82, 2.24) is 20.0 Å². The van der Waals surface area contributed by atoms with E-state index in [1.807, 2.05) is 67.6 Å². The highest BCUT2D eigenvalue weighted by molar-refractivity contribution is 7.99. The number of thioether (sulfide) groups is 1. The Morgan fingerprint density at radius 1 is 1.12 bits per heavy atom. The van der Waals surface area contributed by atoms with Crippen LogP contribution < -0.4 is 14.8 Å². The van der Waals surface area contributed by atoms with Crippen molar-refractivity contribution >= 4 is 23.5 Å². The molecule has 0 saturated carbocycles. The van der Waals surface area contributed by atoms with Gasteiger partial charge in [0.05, 0.1) is 17.1 Å². The normalized spacial score (nSPS) is 14.8. The summed E-state index contributed by atoms with van der Waals surface area (Å²) < 4.78 is 18.9. The first-order valence-corrected chi connectivity index (χ1v) is 10.9. The number of nitrogens with one attached hydrogen (secondary N) is 1. The average molecular weight is 449 g/mol. The van der Waals surface area contributed by atoms with Gasteiger partial charge in [0.15, 0.2) is 11.5 Å². The van der Waals surface area contributed by atoms with Crippen LogP contribution in [0.5, 0.6) is 11.5 Å². The predicted molar refractivity (Wildman–Crippen MR) is 117 cm³/mol. The van der Waals surface area contributed by atoms with E-state index in [0.717, 1.165) is 23.1 Å². The van der Waals surface area contributed by atoms with Crippen LogP contribution in [0.25, 0.3) is 5.69 Å². The zero-order chi connectivity index (χ0) is 21.9. The van der Waals surface area contributed by atoms with Crippen molar-refractivity contribution < 1.29 is 18.7 Å². The fourth-order valence-corrected chi connectivity index (χ4v) is 3.78. The average Bonchev–Trinajstić information content (AvgIpc) is 3.44. The molecule has 4 aromatic rings. The first-order chi connectivity index (χ1) is 15.7. The van der Waals surface area contributed by atoms with Crippen molar-refractivity contribution in [3.63, 3.8) is 0 Å². The van der Waals surface area contributed by atoms with Crippen LogP contribution in [-0.4, -0.2) is 38.2 Å². The summed E-state index contributed by atoms with van der Waals surface area (Å²) in [5.41, 5.74) is 1.66. The molecule has 32 heavy (non-hydrogen) atoms. The molecular weight excluding hydrogens is 430 g/mol. The summed E-state index contributed by atoms with van der Waals surface area (Å²) in [7, 11) is 0. The van der Waals surface area contributed by atoms with Gasteiger partial charge in [-0.3, -0.25) is 4.79 Å². The van der Waals surface area contributed by atoms with Crippen LogP contribution in [0, 0.1) is 6.92 Å². The van der Waals surface area contributed by atoms with Crippen LogP contribution in [0.2, 0.25) is 0 Å². The lowest BCUT2D eigenvalue weighted by molar-refractivity contribution is -0.113. The third-order valence-electron chi connectivity index (χ3n) is 4.63. The number of carbonyl (C=O) groups excluding carboxylic acids is 1. The molecule has 0 unspecified atom stereocenters. The third kappa shape index (κ3) is 4.30. The van der Waals surface area contributed by atoms with Gasteiger partial charge in [-0.05, 0) is 31.2 Å². The molecular formula is C22H19N5O4S. The molecule has 1 amide bonds. The second-order valence-corrected chi connectivity index (χ2v) is 7.95. The minimum Gasteiger partial charge on any atom is -0.485 e. The van der Waals surface area contributed by atoms with Crippen LogP contribution in [0.4, 0.5) is 5.82 Å². The molecule has 0 fully saturated rings. The molecule has 9 nitrogen and oxygen atoms in total. The lowest BCUT2D eigenvalue weighted by Crippen LogP contribution is -2.21. The lowest BCUT2D eigenvalue weighted by Gasteiger charge is -2.23. The second kappa shape index (κ2) is 8.75. The highest BCUT2D eigenvalue weighted by Gasteiger charge is 2.27. The van der Waals surface area contributed by atoms with Crippen molar-refractivity contribution in [2.24, 2.45) is 0 Å². The largest absolute Gasteiger partial charge is 0.485 e. The maximum absolute atomic E-state index is 12.5. The molecule has 10 heteroatoms. The second-order valence-electron chi connectivity index (χ2n) is 7.03. The van der Waals surface area contributed by atoms with Gasteiger partial charge in [0.25, 0.3) is 11.1 Å². The third-order valence-corrected chi connectivity index (χ3v) is 5.45. The van der Waals surface area contributed by atoms with E-state index in [1.165, 1.54) is 0 Å². The molecule has 1 N–H and O–H groups in total. The Morgan fingerprint density at radius 2 is 1.91 bits per heavy atom. The standard InChI is InChI=1S/C22H19N5O4S/c1-14-11-19(27(26-14)15-7-3-2-4-8-15)23-20(28)13-32-22-25-24-21(31-22)18-12-29-16-9-5-6-10-17(16)30-18/h2-11,18H,12-13H2,1H3,(H,23,28)/t18-/m1/s1. The zero-order valence-electron chi connectivity index (χ0n) is 17.1. The van der Waals surface area contributed by atoms with E-state index in [1.54, 1.807) is 4.68 Å². The number of carbonyl (C=O) groups is 1. The Hall–Kier alpha value is -3.79. The Kier molecular flexibility index (Phi) is 5.51. The Bertz CT molecular complexity index is 1240. The molecule has 1 atom stereocenters. The lowest BCUT2D eigenvalue weighted by atomic mass is 10.2. The molecule has 5 rings (SSSR count). The van der Waals surface area contributed by atoms with Gasteiger partial charge in [0.1, 0.15) is 12.4 Å². The topological polar surface area (TPSA) is 104 Å². The fraction of sp³-hybridized carbons (Fsp3) is 0.182. The van der Waals surface area contributed by atoms with Gasteiger partial charge < -0.3 is 19.2 Å². The summed E-state index contributed by atoms with van der Waals surface area (Å²) in [4.78, 5) is 12.5. The minimum absolute atomic E-state index is 0.103. The van der Waals surface area contributed by atoms with Crippen LogP contribution in [0.3, 0.4) is 0 Å². The molecule has 2 aromatic carbocycles. The summed E-state index contributed by atoms with van der Waals surface area (Å²) in [5, 5.41) is 15.7. The van der Waals surface area contributed by atoms with Crippen LogP contribution in [0.15, 0.2) is 70.3 Å². The zero-order valence-corrected chi connectivity index (χ0v) is 17.9. The quantitative estimate of drug-likeness (QED) is 0.443. The van der Waals surface area contributed by atoms with Gasteiger partial charge in [-0.2, -0.15) is 5.10 Å². The molecule has 3 heterocycles. The SMILES string of the molecule is Cc1cc(NC(=O)CSc2nnc([C@H]3COc4ccccc4O3)o2)n(-c2ccccc2)n1. The number of aromatic nitrogens is 4. The van der Waals surface area contributed by atoms with E-state index >= 15 is 0 Å². The number of ether oxygens (including phenoxy) is 2. The monoisotopic (exact) mass is 449 g/mol. The number of hydrogen-bond acceptors (Lipinski definition) is 8. The molecule has 162 valence electrons. The van der Waals surface area contributed by atoms with E-state index in [2.05, 4.69) is 20.6 Å². The number of benzene rings is 2. The van der Waals surface area contributed by atoms with Gasteiger partial charge in [-0.15, -0.1) is 10.2 Å². The first-order valence-electron chi connectivity index (χ1n) is 9.92. The number of nitrogens with zero attached hydrogens (tertiary/aromatic N) is 4. The van der Waals surface area contributed by atoms with Gasteiger partial charge in [-0.1, -0.05) is 42.1 Å². The number of fused-ring (bicyclic) bond motifs is 1. The summed E-state index contributed by atoms with van der Waals surface area (Å²) >= 11 is 1.15. The minimum atomic E-state index is -0.497. The molecule has 0 aliphatic carbocycles. The fourth-order valence-electron chi connectivity index (χ4n) is 3.21. The van der Waals surface area contributed by atoms with E-state index in [9.17, 15) is 4.79 Å². The molecule has 1 aliphatic rings. The van der Waals surface area contributed by atoms with E-state index in [-0.39, 0.29) is 23.5 Å². The van der Waals surface area contributed by atoms with Crippen molar-refractivity contribution in [3.8, 4) is 17.2 Å². The van der Waals surface area contributed by atoms with Crippen LogP contribution >= 0.6 is 11.8 Å². The molecule has 0 spiro atoms.